The van der Waals surface area contributed by atoms with Crippen molar-refractivity contribution in [3.05, 3.63) is 0 Å². The molecule has 0 aliphatic carbocycles. The molecule has 0 aliphatic rings. The molecule has 100 valence electrons. The van der Waals surface area contributed by atoms with Crippen LogP contribution in [-0.4, -0.2) is 59.5 Å². The second kappa shape index (κ2) is 8.98. The van der Waals surface area contributed by atoms with Crippen molar-refractivity contribution in [3.8, 4) is 0 Å². The van der Waals surface area contributed by atoms with Gasteiger partial charge in [-0.3, -0.25) is 9.59 Å². The summed E-state index contributed by atoms with van der Waals surface area (Å²) in [6.45, 7) is 9.61. The minimum atomic E-state index is -0.861. The molecule has 0 saturated carbocycles. The summed E-state index contributed by atoms with van der Waals surface area (Å²) in [5, 5.41) is 8.59. The monoisotopic (exact) mass is 244 g/mol. The van der Waals surface area contributed by atoms with Crippen LogP contribution in [0.25, 0.3) is 0 Å². The van der Waals surface area contributed by atoms with E-state index in [0.717, 1.165) is 26.1 Å². The van der Waals surface area contributed by atoms with Crippen LogP contribution in [0.1, 0.15) is 33.6 Å². The number of hydrogen-bond donors (Lipinski definition) is 1. The van der Waals surface area contributed by atoms with Crippen LogP contribution in [0, 0.1) is 0 Å². The average molecular weight is 244 g/mol. The van der Waals surface area contributed by atoms with Crippen LogP contribution in [0.5, 0.6) is 0 Å². The quantitative estimate of drug-likeness (QED) is 0.658. The second-order valence-electron chi connectivity index (χ2n) is 4.03. The molecule has 5 heteroatoms. The number of carboxylic acid groups (broad SMARTS) is 1. The fourth-order valence-corrected chi connectivity index (χ4v) is 1.68. The number of carbonyl (C=O) groups excluding carboxylic acids is 1. The molecule has 0 fully saturated rings. The highest BCUT2D eigenvalue weighted by Gasteiger charge is 2.10. The zero-order valence-electron chi connectivity index (χ0n) is 11.1. The molecule has 0 aliphatic heterocycles. The van der Waals surface area contributed by atoms with Gasteiger partial charge in [-0.2, -0.15) is 0 Å². The van der Waals surface area contributed by atoms with Crippen LogP contribution in [0.3, 0.4) is 0 Å². The second-order valence-corrected chi connectivity index (χ2v) is 4.03. The average Bonchev–Trinajstić information content (AvgIpc) is 2.27. The molecular weight excluding hydrogens is 220 g/mol. The van der Waals surface area contributed by atoms with Crippen LogP contribution < -0.4 is 0 Å². The highest BCUT2D eigenvalue weighted by Crippen LogP contribution is 1.98. The lowest BCUT2D eigenvalue weighted by molar-refractivity contribution is -0.138. The Labute approximate surface area is 103 Å². The third-order valence-electron chi connectivity index (χ3n) is 2.84. The van der Waals surface area contributed by atoms with Gasteiger partial charge in [0.1, 0.15) is 0 Å². The smallest absolute Gasteiger partial charge is 0.305 e. The third kappa shape index (κ3) is 7.74. The molecule has 1 amide bonds. The molecule has 0 radical (unpaired) electrons. The largest absolute Gasteiger partial charge is 0.481 e. The summed E-state index contributed by atoms with van der Waals surface area (Å²) in [4.78, 5) is 25.6. The molecule has 0 bridgehead atoms. The number of nitrogens with zero attached hydrogens (tertiary/aromatic N) is 2. The number of aliphatic carboxylic acids is 1. The van der Waals surface area contributed by atoms with E-state index < -0.39 is 5.97 Å². The number of rotatable bonds is 9. The molecule has 0 heterocycles. The van der Waals surface area contributed by atoms with Crippen molar-refractivity contribution in [2.45, 2.75) is 33.6 Å². The topological polar surface area (TPSA) is 60.9 Å². The van der Waals surface area contributed by atoms with Gasteiger partial charge in [0.2, 0.25) is 5.91 Å². The van der Waals surface area contributed by atoms with E-state index in [1.54, 1.807) is 4.90 Å². The predicted molar refractivity (Wildman–Crippen MR) is 66.9 cm³/mol. The van der Waals surface area contributed by atoms with E-state index in [1.807, 2.05) is 0 Å². The molecule has 0 unspecified atom stereocenters. The summed E-state index contributed by atoms with van der Waals surface area (Å²) in [6.07, 6.45) is 0.908. The Bertz CT molecular complexity index is 240. The fraction of sp³-hybridized carbons (Fsp3) is 0.833. The van der Waals surface area contributed by atoms with Crippen molar-refractivity contribution in [1.82, 2.24) is 9.80 Å². The Balaban J connectivity index is 3.92. The number of amides is 1. The van der Waals surface area contributed by atoms with Crippen molar-refractivity contribution < 1.29 is 14.7 Å². The SMILES string of the molecule is CCN(CC)CCCN(CCC(=O)O)C(C)=O. The molecule has 0 rings (SSSR count). The van der Waals surface area contributed by atoms with E-state index in [1.165, 1.54) is 6.92 Å². The third-order valence-corrected chi connectivity index (χ3v) is 2.84. The normalized spacial score (nSPS) is 10.6. The standard InChI is InChI=1S/C12H24N2O3/c1-4-13(5-2)8-6-9-14(11(3)15)10-7-12(16)17/h4-10H2,1-3H3,(H,16,17). The first-order valence-electron chi connectivity index (χ1n) is 6.20. The van der Waals surface area contributed by atoms with Gasteiger partial charge >= 0.3 is 5.97 Å². The summed E-state index contributed by atoms with van der Waals surface area (Å²) in [7, 11) is 0. The Morgan fingerprint density at radius 1 is 1.06 bits per heavy atom. The maximum absolute atomic E-state index is 11.3. The summed E-state index contributed by atoms with van der Waals surface area (Å²) in [5.41, 5.74) is 0. The Hall–Kier alpha value is -1.10. The van der Waals surface area contributed by atoms with Gasteiger partial charge < -0.3 is 14.9 Å². The summed E-state index contributed by atoms with van der Waals surface area (Å²) >= 11 is 0. The van der Waals surface area contributed by atoms with Crippen molar-refractivity contribution >= 4 is 11.9 Å². The van der Waals surface area contributed by atoms with E-state index in [2.05, 4.69) is 18.7 Å². The first kappa shape index (κ1) is 15.9. The zero-order valence-corrected chi connectivity index (χ0v) is 11.1. The van der Waals surface area contributed by atoms with Crippen molar-refractivity contribution in [2.24, 2.45) is 0 Å². The molecule has 0 aromatic heterocycles. The molecule has 5 nitrogen and oxygen atoms in total. The molecule has 17 heavy (non-hydrogen) atoms. The van der Waals surface area contributed by atoms with Gasteiger partial charge in [0.25, 0.3) is 0 Å². The molecule has 0 spiro atoms. The van der Waals surface area contributed by atoms with Gasteiger partial charge in [0.15, 0.2) is 0 Å². The molecule has 0 aromatic carbocycles. The summed E-state index contributed by atoms with van der Waals surface area (Å²) in [6, 6.07) is 0. The van der Waals surface area contributed by atoms with Crippen LogP contribution in [-0.2, 0) is 9.59 Å². The van der Waals surface area contributed by atoms with Gasteiger partial charge in [-0.25, -0.2) is 0 Å². The maximum atomic E-state index is 11.3. The minimum Gasteiger partial charge on any atom is -0.481 e. The van der Waals surface area contributed by atoms with Crippen molar-refractivity contribution in [2.75, 3.05) is 32.7 Å². The lowest BCUT2D eigenvalue weighted by Crippen LogP contribution is -2.34. The van der Waals surface area contributed by atoms with Crippen LogP contribution in [0.4, 0.5) is 0 Å². The Kier molecular flexibility index (Phi) is 8.40. The lowest BCUT2D eigenvalue weighted by Gasteiger charge is -2.23. The number of carbonyl (C=O) groups is 2. The number of hydrogen-bond acceptors (Lipinski definition) is 3. The van der Waals surface area contributed by atoms with Gasteiger partial charge in [-0.15, -0.1) is 0 Å². The molecule has 0 saturated heterocycles. The lowest BCUT2D eigenvalue weighted by atomic mass is 10.3. The predicted octanol–water partition coefficient (Wildman–Crippen LogP) is 1.04. The molecular formula is C12H24N2O3. The van der Waals surface area contributed by atoms with Crippen LogP contribution in [0.2, 0.25) is 0 Å². The fourth-order valence-electron chi connectivity index (χ4n) is 1.68. The Morgan fingerprint density at radius 2 is 1.65 bits per heavy atom. The first-order chi connectivity index (χ1) is 8.01. The van der Waals surface area contributed by atoms with Crippen molar-refractivity contribution in [1.29, 1.82) is 0 Å². The number of carboxylic acids is 1. The zero-order chi connectivity index (χ0) is 13.3. The summed E-state index contributed by atoms with van der Waals surface area (Å²) in [5.74, 6) is -0.911. The van der Waals surface area contributed by atoms with Crippen LogP contribution >= 0.6 is 0 Å². The van der Waals surface area contributed by atoms with Gasteiger partial charge in [-0.05, 0) is 26.1 Å². The molecule has 1 N–H and O–H groups in total. The van der Waals surface area contributed by atoms with Crippen molar-refractivity contribution in [3.63, 3.8) is 0 Å². The van der Waals surface area contributed by atoms with Crippen LogP contribution in [0.15, 0.2) is 0 Å². The van der Waals surface area contributed by atoms with E-state index >= 15 is 0 Å². The summed E-state index contributed by atoms with van der Waals surface area (Å²) < 4.78 is 0. The van der Waals surface area contributed by atoms with Gasteiger partial charge in [-0.1, -0.05) is 13.8 Å². The minimum absolute atomic E-state index is 0.0187. The maximum Gasteiger partial charge on any atom is 0.305 e. The molecule has 0 atom stereocenters. The van der Waals surface area contributed by atoms with E-state index in [0.29, 0.717) is 13.1 Å². The Morgan fingerprint density at radius 3 is 2.06 bits per heavy atom. The van der Waals surface area contributed by atoms with E-state index in [-0.39, 0.29) is 12.3 Å². The highest BCUT2D eigenvalue weighted by molar-refractivity contribution is 5.74. The van der Waals surface area contributed by atoms with Gasteiger partial charge in [0.05, 0.1) is 6.42 Å². The van der Waals surface area contributed by atoms with E-state index in [9.17, 15) is 9.59 Å². The highest BCUT2D eigenvalue weighted by atomic mass is 16.4. The first-order valence-corrected chi connectivity index (χ1v) is 6.20. The van der Waals surface area contributed by atoms with E-state index in [4.69, 9.17) is 5.11 Å². The van der Waals surface area contributed by atoms with Gasteiger partial charge in [0, 0.05) is 20.0 Å². The molecule has 0 aromatic rings.